The maximum atomic E-state index is 12.4. The van der Waals surface area contributed by atoms with Crippen molar-refractivity contribution < 1.29 is 4.79 Å². The van der Waals surface area contributed by atoms with Gasteiger partial charge < -0.3 is 10.6 Å². The first-order chi connectivity index (χ1) is 8.70. The fourth-order valence-corrected chi connectivity index (χ4v) is 2.57. The second-order valence-electron chi connectivity index (χ2n) is 5.00. The Hall–Kier alpha value is -1.58. The summed E-state index contributed by atoms with van der Waals surface area (Å²) in [5, 5.41) is 0. The summed E-state index contributed by atoms with van der Waals surface area (Å²) in [6, 6.07) is 3.81. The van der Waals surface area contributed by atoms with Gasteiger partial charge in [-0.15, -0.1) is 0 Å². The Kier molecular flexibility index (Phi) is 4.18. The summed E-state index contributed by atoms with van der Waals surface area (Å²) in [6.07, 6.45) is 8.78. The molecule has 1 aliphatic carbocycles. The molecule has 0 saturated heterocycles. The molecule has 1 aliphatic rings. The third kappa shape index (κ3) is 2.81. The predicted octanol–water partition coefficient (Wildman–Crippen LogP) is 2.46. The molecule has 0 atom stereocenters. The Morgan fingerprint density at radius 3 is 2.61 bits per heavy atom. The van der Waals surface area contributed by atoms with Gasteiger partial charge >= 0.3 is 0 Å². The highest BCUT2D eigenvalue weighted by Gasteiger charge is 2.24. The number of nitrogens with zero attached hydrogens (tertiary/aromatic N) is 2. The lowest BCUT2D eigenvalue weighted by Gasteiger charge is -2.27. The number of carbonyl (C=O) groups is 1. The van der Waals surface area contributed by atoms with Gasteiger partial charge in [0.05, 0.1) is 5.69 Å². The van der Waals surface area contributed by atoms with Gasteiger partial charge in [-0.05, 0) is 25.0 Å². The van der Waals surface area contributed by atoms with Crippen LogP contribution < -0.4 is 5.73 Å². The van der Waals surface area contributed by atoms with Crippen LogP contribution in [0.2, 0.25) is 0 Å². The van der Waals surface area contributed by atoms with Gasteiger partial charge in [-0.25, -0.2) is 4.98 Å². The summed E-state index contributed by atoms with van der Waals surface area (Å²) in [5.41, 5.74) is 6.65. The number of rotatable bonds is 2. The van der Waals surface area contributed by atoms with Crippen molar-refractivity contribution in [2.75, 3.05) is 12.8 Å². The van der Waals surface area contributed by atoms with E-state index >= 15 is 0 Å². The molecule has 0 bridgehead atoms. The molecule has 1 aromatic heterocycles. The Balaban J connectivity index is 2.10. The van der Waals surface area contributed by atoms with Gasteiger partial charge in [0.25, 0.3) is 5.91 Å². The maximum absolute atomic E-state index is 12.4. The van der Waals surface area contributed by atoms with Crippen molar-refractivity contribution >= 4 is 11.6 Å². The highest BCUT2D eigenvalue weighted by Crippen LogP contribution is 2.22. The van der Waals surface area contributed by atoms with Crippen LogP contribution >= 0.6 is 0 Å². The van der Waals surface area contributed by atoms with E-state index < -0.39 is 0 Å². The molecule has 0 radical (unpaired) electrons. The van der Waals surface area contributed by atoms with Gasteiger partial charge in [0.1, 0.15) is 0 Å². The highest BCUT2D eigenvalue weighted by molar-refractivity contribution is 5.97. The van der Waals surface area contributed by atoms with Crippen LogP contribution in [0.3, 0.4) is 0 Å². The SMILES string of the molecule is CN(C(=O)c1ncccc1N)C1CCCCCC1. The van der Waals surface area contributed by atoms with Crippen LogP contribution in [0, 0.1) is 0 Å². The zero-order valence-electron chi connectivity index (χ0n) is 10.9. The monoisotopic (exact) mass is 247 g/mol. The molecular weight excluding hydrogens is 226 g/mol. The van der Waals surface area contributed by atoms with E-state index in [1.54, 1.807) is 18.3 Å². The number of pyridine rings is 1. The molecule has 0 unspecified atom stereocenters. The van der Waals surface area contributed by atoms with Crippen molar-refractivity contribution in [1.29, 1.82) is 0 Å². The van der Waals surface area contributed by atoms with Crippen molar-refractivity contribution in [2.45, 2.75) is 44.6 Å². The third-order valence-electron chi connectivity index (χ3n) is 3.73. The van der Waals surface area contributed by atoms with Gasteiger partial charge in [0.15, 0.2) is 5.69 Å². The normalized spacial score (nSPS) is 17.2. The van der Waals surface area contributed by atoms with Crippen LogP contribution in [-0.4, -0.2) is 28.9 Å². The van der Waals surface area contributed by atoms with E-state index in [0.29, 0.717) is 17.4 Å². The van der Waals surface area contributed by atoms with Crippen LogP contribution in [0.5, 0.6) is 0 Å². The average molecular weight is 247 g/mol. The minimum absolute atomic E-state index is 0.0556. The Bertz CT molecular complexity index is 411. The summed E-state index contributed by atoms with van der Waals surface area (Å²) in [5.74, 6) is -0.0556. The van der Waals surface area contributed by atoms with Crippen molar-refractivity contribution in [2.24, 2.45) is 0 Å². The van der Waals surface area contributed by atoms with Gasteiger partial charge in [0, 0.05) is 19.3 Å². The number of anilines is 1. The molecule has 1 heterocycles. The average Bonchev–Trinajstić information content (AvgIpc) is 2.66. The van der Waals surface area contributed by atoms with Crippen molar-refractivity contribution in [3.05, 3.63) is 24.0 Å². The number of aromatic nitrogens is 1. The number of nitrogen functional groups attached to an aromatic ring is 1. The summed E-state index contributed by atoms with van der Waals surface area (Å²) < 4.78 is 0. The number of carbonyl (C=O) groups excluding carboxylic acids is 1. The molecule has 0 aromatic carbocycles. The van der Waals surface area contributed by atoms with E-state index in [2.05, 4.69) is 4.98 Å². The van der Waals surface area contributed by atoms with Gasteiger partial charge in [-0.2, -0.15) is 0 Å². The third-order valence-corrected chi connectivity index (χ3v) is 3.73. The van der Waals surface area contributed by atoms with E-state index in [4.69, 9.17) is 5.73 Å². The van der Waals surface area contributed by atoms with Crippen LogP contribution in [-0.2, 0) is 0 Å². The first-order valence-electron chi connectivity index (χ1n) is 6.68. The molecule has 98 valence electrons. The van der Waals surface area contributed by atoms with E-state index in [-0.39, 0.29) is 5.91 Å². The maximum Gasteiger partial charge on any atom is 0.274 e. The lowest BCUT2D eigenvalue weighted by molar-refractivity contribution is 0.0713. The standard InChI is InChI=1S/C14H21N3O/c1-17(11-7-4-2-3-5-8-11)14(18)13-12(15)9-6-10-16-13/h6,9-11H,2-5,7-8,15H2,1H3. The smallest absolute Gasteiger partial charge is 0.274 e. The second kappa shape index (κ2) is 5.85. The largest absolute Gasteiger partial charge is 0.397 e. The Morgan fingerprint density at radius 1 is 1.33 bits per heavy atom. The van der Waals surface area contributed by atoms with E-state index in [0.717, 1.165) is 12.8 Å². The molecule has 1 aromatic rings. The van der Waals surface area contributed by atoms with Crippen LogP contribution in [0.25, 0.3) is 0 Å². The van der Waals surface area contributed by atoms with E-state index in [1.165, 1.54) is 25.7 Å². The van der Waals surface area contributed by atoms with Gasteiger partial charge in [-0.3, -0.25) is 4.79 Å². The van der Waals surface area contributed by atoms with E-state index in [9.17, 15) is 4.79 Å². The fraction of sp³-hybridized carbons (Fsp3) is 0.571. The molecule has 18 heavy (non-hydrogen) atoms. The summed E-state index contributed by atoms with van der Waals surface area (Å²) in [6.45, 7) is 0. The molecule has 4 heteroatoms. The summed E-state index contributed by atoms with van der Waals surface area (Å²) in [4.78, 5) is 18.3. The van der Waals surface area contributed by atoms with Crippen molar-refractivity contribution in [1.82, 2.24) is 9.88 Å². The Labute approximate surface area is 108 Å². The second-order valence-corrected chi connectivity index (χ2v) is 5.00. The molecule has 0 spiro atoms. The van der Waals surface area contributed by atoms with Crippen LogP contribution in [0.15, 0.2) is 18.3 Å². The molecular formula is C14H21N3O. The molecule has 0 aliphatic heterocycles. The van der Waals surface area contributed by atoms with Crippen molar-refractivity contribution in [3.8, 4) is 0 Å². The van der Waals surface area contributed by atoms with Crippen LogP contribution in [0.1, 0.15) is 49.0 Å². The summed E-state index contributed by atoms with van der Waals surface area (Å²) in [7, 11) is 1.87. The number of hydrogen-bond donors (Lipinski definition) is 1. The lowest BCUT2D eigenvalue weighted by atomic mass is 10.1. The molecule has 4 nitrogen and oxygen atoms in total. The van der Waals surface area contributed by atoms with Crippen LogP contribution in [0.4, 0.5) is 5.69 Å². The van der Waals surface area contributed by atoms with Crippen molar-refractivity contribution in [3.63, 3.8) is 0 Å². The summed E-state index contributed by atoms with van der Waals surface area (Å²) >= 11 is 0. The predicted molar refractivity (Wildman–Crippen MR) is 72.2 cm³/mol. The number of hydrogen-bond acceptors (Lipinski definition) is 3. The molecule has 1 saturated carbocycles. The molecule has 2 rings (SSSR count). The molecule has 2 N–H and O–H groups in total. The topological polar surface area (TPSA) is 59.2 Å². The number of nitrogens with two attached hydrogens (primary N) is 1. The lowest BCUT2D eigenvalue weighted by Crippen LogP contribution is -2.37. The first-order valence-corrected chi connectivity index (χ1v) is 6.68. The minimum atomic E-state index is -0.0556. The highest BCUT2D eigenvalue weighted by atomic mass is 16.2. The fourth-order valence-electron chi connectivity index (χ4n) is 2.57. The molecule has 1 fully saturated rings. The minimum Gasteiger partial charge on any atom is -0.397 e. The van der Waals surface area contributed by atoms with E-state index in [1.807, 2.05) is 11.9 Å². The first kappa shape index (κ1) is 12.9. The zero-order valence-corrected chi connectivity index (χ0v) is 10.9. The van der Waals surface area contributed by atoms with Gasteiger partial charge in [-0.1, -0.05) is 25.7 Å². The van der Waals surface area contributed by atoms with Gasteiger partial charge in [0.2, 0.25) is 0 Å². The molecule has 1 amide bonds. The Morgan fingerprint density at radius 2 is 2.00 bits per heavy atom. The zero-order chi connectivity index (χ0) is 13.0. The quantitative estimate of drug-likeness (QED) is 0.817. The number of amides is 1.